The molecule has 1 aromatic rings. The largest absolute Gasteiger partial charge is 0.355 e. The number of carbonyl (C=O) groups is 1. The number of hydrogen-bond donors (Lipinski definition) is 1. The zero-order valence-electron chi connectivity index (χ0n) is 10.3. The minimum Gasteiger partial charge on any atom is -0.355 e. The Morgan fingerprint density at radius 3 is 2.67 bits per heavy atom. The standard InChI is InChI=1S/C10H16ClN3O3S/c1-3-5-8-13-10(18(11,16)17)7-14(8)6-9(15)12-4-2/h7H,3-6H2,1-2H3,(H,12,15). The van der Waals surface area contributed by atoms with Gasteiger partial charge < -0.3 is 9.88 Å². The lowest BCUT2D eigenvalue weighted by Crippen LogP contribution is -2.27. The van der Waals surface area contributed by atoms with Gasteiger partial charge in [-0.25, -0.2) is 13.4 Å². The number of aryl methyl sites for hydroxylation is 1. The molecule has 1 heterocycles. The van der Waals surface area contributed by atoms with Crippen LogP contribution in [-0.2, 0) is 26.8 Å². The molecule has 1 amide bonds. The predicted molar refractivity (Wildman–Crippen MR) is 67.9 cm³/mol. The fraction of sp³-hybridized carbons (Fsp3) is 0.600. The van der Waals surface area contributed by atoms with Crippen molar-refractivity contribution in [2.75, 3.05) is 6.54 Å². The van der Waals surface area contributed by atoms with Gasteiger partial charge in [0.1, 0.15) is 12.4 Å². The number of carbonyl (C=O) groups excluding carboxylic acids is 1. The summed E-state index contributed by atoms with van der Waals surface area (Å²) in [6, 6.07) is 0. The third-order valence-electron chi connectivity index (χ3n) is 2.25. The number of nitrogens with zero attached hydrogens (tertiary/aromatic N) is 2. The van der Waals surface area contributed by atoms with Crippen molar-refractivity contribution in [3.8, 4) is 0 Å². The van der Waals surface area contributed by atoms with Crippen molar-refractivity contribution in [3.05, 3.63) is 12.0 Å². The molecule has 0 aliphatic heterocycles. The molecule has 18 heavy (non-hydrogen) atoms. The fourth-order valence-corrected chi connectivity index (χ4v) is 2.20. The predicted octanol–water partition coefficient (Wildman–Crippen LogP) is 0.899. The SMILES string of the molecule is CCCc1nc(S(=O)(=O)Cl)cn1CC(=O)NCC. The lowest BCUT2D eigenvalue weighted by molar-refractivity contribution is -0.121. The zero-order valence-corrected chi connectivity index (χ0v) is 11.9. The summed E-state index contributed by atoms with van der Waals surface area (Å²) in [5, 5.41) is 2.43. The van der Waals surface area contributed by atoms with E-state index in [4.69, 9.17) is 10.7 Å². The number of amides is 1. The van der Waals surface area contributed by atoms with Crippen LogP contribution in [0, 0.1) is 0 Å². The van der Waals surface area contributed by atoms with E-state index in [0.717, 1.165) is 6.42 Å². The van der Waals surface area contributed by atoms with E-state index >= 15 is 0 Å². The van der Waals surface area contributed by atoms with Gasteiger partial charge in [-0.15, -0.1) is 0 Å². The van der Waals surface area contributed by atoms with Gasteiger partial charge in [0.2, 0.25) is 5.91 Å². The van der Waals surface area contributed by atoms with E-state index in [-0.39, 0.29) is 17.5 Å². The highest BCUT2D eigenvalue weighted by Crippen LogP contribution is 2.15. The average Bonchev–Trinajstić information content (AvgIpc) is 2.62. The zero-order chi connectivity index (χ0) is 13.8. The van der Waals surface area contributed by atoms with Crippen molar-refractivity contribution in [1.82, 2.24) is 14.9 Å². The second-order valence-electron chi connectivity index (χ2n) is 3.76. The Morgan fingerprint density at radius 1 is 1.50 bits per heavy atom. The Balaban J connectivity index is 3.01. The minimum absolute atomic E-state index is 0.0442. The van der Waals surface area contributed by atoms with E-state index in [1.54, 1.807) is 0 Å². The molecule has 1 rings (SSSR count). The van der Waals surface area contributed by atoms with E-state index < -0.39 is 9.05 Å². The summed E-state index contributed by atoms with van der Waals surface area (Å²) >= 11 is 0. The lowest BCUT2D eigenvalue weighted by Gasteiger charge is -2.06. The Morgan fingerprint density at radius 2 is 2.17 bits per heavy atom. The average molecular weight is 294 g/mol. The lowest BCUT2D eigenvalue weighted by atomic mass is 10.3. The first-order valence-corrected chi connectivity index (χ1v) is 7.96. The molecule has 0 unspecified atom stereocenters. The van der Waals surface area contributed by atoms with Gasteiger partial charge in [-0.2, -0.15) is 0 Å². The van der Waals surface area contributed by atoms with E-state index in [2.05, 4.69) is 10.3 Å². The number of aromatic nitrogens is 2. The maximum absolute atomic E-state index is 11.5. The Bertz CT molecular complexity index is 524. The van der Waals surface area contributed by atoms with Crippen LogP contribution in [0.2, 0.25) is 0 Å². The summed E-state index contributed by atoms with van der Waals surface area (Å²) in [6.45, 7) is 4.33. The number of imidazole rings is 1. The van der Waals surface area contributed by atoms with Crippen molar-refractivity contribution >= 4 is 25.6 Å². The van der Waals surface area contributed by atoms with Gasteiger partial charge in [-0.05, 0) is 13.3 Å². The Hall–Kier alpha value is -1.08. The Labute approximate surface area is 111 Å². The second-order valence-corrected chi connectivity index (χ2v) is 6.28. The number of rotatable bonds is 6. The number of nitrogens with one attached hydrogen (secondary N) is 1. The van der Waals surface area contributed by atoms with Crippen molar-refractivity contribution in [1.29, 1.82) is 0 Å². The fourth-order valence-electron chi connectivity index (χ4n) is 1.51. The third kappa shape index (κ3) is 3.99. The van der Waals surface area contributed by atoms with Crippen molar-refractivity contribution < 1.29 is 13.2 Å². The highest BCUT2D eigenvalue weighted by atomic mass is 35.7. The van der Waals surface area contributed by atoms with Gasteiger partial charge in [0.15, 0.2) is 5.03 Å². The normalized spacial score (nSPS) is 11.5. The molecule has 0 spiro atoms. The van der Waals surface area contributed by atoms with E-state index in [0.29, 0.717) is 18.8 Å². The molecule has 0 saturated carbocycles. The molecule has 0 aliphatic carbocycles. The Kier molecular flexibility index (Phi) is 5.15. The van der Waals surface area contributed by atoms with Crippen molar-refractivity contribution in [2.24, 2.45) is 0 Å². The summed E-state index contributed by atoms with van der Waals surface area (Å²) < 4.78 is 23.9. The van der Waals surface area contributed by atoms with E-state index in [9.17, 15) is 13.2 Å². The van der Waals surface area contributed by atoms with Gasteiger partial charge in [-0.1, -0.05) is 6.92 Å². The molecule has 0 aromatic carbocycles. The number of likely N-dealkylation sites (N-methyl/N-ethyl adjacent to an activating group) is 1. The maximum atomic E-state index is 11.5. The summed E-state index contributed by atoms with van der Waals surface area (Å²) in [5.74, 6) is 0.355. The number of hydrogen-bond acceptors (Lipinski definition) is 4. The van der Waals surface area contributed by atoms with Crippen LogP contribution in [0.15, 0.2) is 11.2 Å². The monoisotopic (exact) mass is 293 g/mol. The van der Waals surface area contributed by atoms with Crippen molar-refractivity contribution in [3.63, 3.8) is 0 Å². The molecule has 1 aromatic heterocycles. The molecule has 0 atom stereocenters. The molecule has 0 fully saturated rings. The van der Waals surface area contributed by atoms with Gasteiger partial charge in [0.05, 0.1) is 0 Å². The molecule has 0 aliphatic rings. The highest BCUT2D eigenvalue weighted by molar-refractivity contribution is 8.13. The van der Waals surface area contributed by atoms with E-state index in [1.165, 1.54) is 10.8 Å². The molecule has 6 nitrogen and oxygen atoms in total. The molecule has 102 valence electrons. The van der Waals surface area contributed by atoms with Crippen LogP contribution in [-0.4, -0.2) is 30.4 Å². The minimum atomic E-state index is -3.86. The third-order valence-corrected chi connectivity index (χ3v) is 3.42. The summed E-state index contributed by atoms with van der Waals surface area (Å²) in [4.78, 5) is 15.4. The highest BCUT2D eigenvalue weighted by Gasteiger charge is 2.18. The van der Waals surface area contributed by atoms with Crippen LogP contribution >= 0.6 is 10.7 Å². The number of halogens is 1. The van der Waals surface area contributed by atoms with Crippen molar-refractivity contribution in [2.45, 2.75) is 38.3 Å². The summed E-state index contributed by atoms with van der Waals surface area (Å²) in [6.07, 6.45) is 2.68. The van der Waals surface area contributed by atoms with Crippen LogP contribution in [0.1, 0.15) is 26.1 Å². The first kappa shape index (κ1) is 15.0. The van der Waals surface area contributed by atoms with Crippen LogP contribution in [0.3, 0.4) is 0 Å². The first-order chi connectivity index (χ1) is 8.38. The first-order valence-electron chi connectivity index (χ1n) is 5.65. The quantitative estimate of drug-likeness (QED) is 0.790. The molecule has 0 saturated heterocycles. The topological polar surface area (TPSA) is 81.1 Å². The van der Waals surface area contributed by atoms with Gasteiger partial charge in [0, 0.05) is 29.8 Å². The summed E-state index contributed by atoms with van der Waals surface area (Å²) in [5.41, 5.74) is 0. The molecule has 1 N–H and O–H groups in total. The van der Waals surface area contributed by atoms with Crippen LogP contribution in [0.25, 0.3) is 0 Å². The molecule has 0 bridgehead atoms. The summed E-state index contributed by atoms with van der Waals surface area (Å²) in [7, 11) is 1.38. The maximum Gasteiger partial charge on any atom is 0.280 e. The van der Waals surface area contributed by atoms with Crippen LogP contribution in [0.4, 0.5) is 0 Å². The second kappa shape index (κ2) is 6.19. The smallest absolute Gasteiger partial charge is 0.280 e. The van der Waals surface area contributed by atoms with Crippen LogP contribution in [0.5, 0.6) is 0 Å². The molecule has 8 heteroatoms. The van der Waals surface area contributed by atoms with Gasteiger partial charge in [-0.3, -0.25) is 4.79 Å². The van der Waals surface area contributed by atoms with Gasteiger partial charge in [0.25, 0.3) is 9.05 Å². The van der Waals surface area contributed by atoms with Crippen LogP contribution < -0.4 is 5.32 Å². The van der Waals surface area contributed by atoms with E-state index in [1.807, 2.05) is 13.8 Å². The molecule has 0 radical (unpaired) electrons. The van der Waals surface area contributed by atoms with Gasteiger partial charge >= 0.3 is 0 Å². The molecular weight excluding hydrogens is 278 g/mol. The molecular formula is C10H16ClN3O3S.